The number of nitrogens with zero attached hydrogens (tertiary/aromatic N) is 1. The van der Waals surface area contributed by atoms with Gasteiger partial charge in [-0.2, -0.15) is 4.57 Å². The summed E-state index contributed by atoms with van der Waals surface area (Å²) < 4.78 is 1.89. The lowest BCUT2D eigenvalue weighted by Crippen LogP contribution is -3.00. The highest BCUT2D eigenvalue weighted by molar-refractivity contribution is 5.89. The molecular weight excluding hydrogens is 296 g/mol. The molecule has 0 aliphatic heterocycles. The number of hydrogen-bond donors (Lipinski definition) is 1. The van der Waals surface area contributed by atoms with Crippen LogP contribution in [-0.4, -0.2) is 5.91 Å². The smallest absolute Gasteiger partial charge is 0.290 e. The van der Waals surface area contributed by atoms with Crippen LogP contribution >= 0.6 is 0 Å². The van der Waals surface area contributed by atoms with Gasteiger partial charge in [-0.05, 0) is 30.5 Å². The fourth-order valence-corrected chi connectivity index (χ4v) is 2.28. The molecule has 0 unspecified atom stereocenters. The van der Waals surface area contributed by atoms with E-state index in [1.54, 1.807) is 0 Å². The average molecular weight is 313 g/mol. The van der Waals surface area contributed by atoms with Gasteiger partial charge in [0.2, 0.25) is 6.54 Å². The Kier molecular flexibility index (Phi) is 5.12. The van der Waals surface area contributed by atoms with E-state index in [0.717, 1.165) is 11.1 Å². The van der Waals surface area contributed by atoms with Crippen LogP contribution < -0.4 is 22.3 Å². The van der Waals surface area contributed by atoms with Gasteiger partial charge in [-0.1, -0.05) is 35.9 Å². The lowest BCUT2D eigenvalue weighted by atomic mass is 10.2. The minimum atomic E-state index is -0.0286. The van der Waals surface area contributed by atoms with Crippen LogP contribution in [0, 0.1) is 6.92 Å². The maximum absolute atomic E-state index is 12.1. The third-order valence-corrected chi connectivity index (χ3v) is 3.41. The largest absolute Gasteiger partial charge is 1.00 e. The summed E-state index contributed by atoms with van der Waals surface area (Å²) in [5.41, 5.74) is 2.00. The number of benzene rings is 2. The number of halogens is 1. The van der Waals surface area contributed by atoms with Crippen LogP contribution in [0.4, 0.5) is 5.69 Å². The number of nitrogens with one attached hydrogen (secondary N) is 1. The Morgan fingerprint density at radius 2 is 1.68 bits per heavy atom. The topological polar surface area (TPSA) is 33.0 Å². The number of carbonyl (C=O) groups is 1. The van der Waals surface area contributed by atoms with Crippen LogP contribution in [0.15, 0.2) is 67.0 Å². The van der Waals surface area contributed by atoms with Gasteiger partial charge in [0.1, 0.15) is 0 Å². The molecule has 1 N–H and O–H groups in total. The average Bonchev–Trinajstić information content (AvgIpc) is 2.49. The monoisotopic (exact) mass is 312 g/mol. The summed E-state index contributed by atoms with van der Waals surface area (Å²) in [5, 5.41) is 5.21. The molecule has 3 rings (SSSR count). The molecule has 22 heavy (non-hydrogen) atoms. The fraction of sp³-hybridized carbons (Fsp3) is 0.111. The second-order valence-corrected chi connectivity index (χ2v) is 5.16. The summed E-state index contributed by atoms with van der Waals surface area (Å²) in [6, 6.07) is 17.9. The molecule has 1 heterocycles. The van der Waals surface area contributed by atoms with E-state index in [4.69, 9.17) is 0 Å². The number of carbonyl (C=O) groups excluding carboxylic acids is 1. The zero-order valence-electron chi connectivity index (χ0n) is 12.3. The first-order chi connectivity index (χ1) is 10.2. The second kappa shape index (κ2) is 7.05. The van der Waals surface area contributed by atoms with Gasteiger partial charge in [-0.25, -0.2) is 0 Å². The van der Waals surface area contributed by atoms with Crippen molar-refractivity contribution in [1.29, 1.82) is 0 Å². The molecule has 3 aromatic rings. The third-order valence-electron chi connectivity index (χ3n) is 3.41. The van der Waals surface area contributed by atoms with Crippen molar-refractivity contribution < 1.29 is 21.8 Å². The van der Waals surface area contributed by atoms with Gasteiger partial charge < -0.3 is 17.7 Å². The van der Waals surface area contributed by atoms with Crippen molar-refractivity contribution in [3.8, 4) is 0 Å². The number of pyridine rings is 1. The first-order valence-electron chi connectivity index (χ1n) is 6.95. The maximum atomic E-state index is 12.1. The minimum Gasteiger partial charge on any atom is -1.00 e. The Labute approximate surface area is 136 Å². The molecule has 1 aromatic heterocycles. The Hall–Kier alpha value is -2.39. The van der Waals surface area contributed by atoms with Gasteiger partial charge in [0, 0.05) is 17.1 Å². The Morgan fingerprint density at radius 3 is 2.41 bits per heavy atom. The summed E-state index contributed by atoms with van der Waals surface area (Å²) in [4.78, 5) is 12.1. The first kappa shape index (κ1) is 16.0. The molecule has 0 radical (unpaired) electrons. The molecule has 0 saturated heterocycles. The summed E-state index contributed by atoms with van der Waals surface area (Å²) >= 11 is 0. The number of fused-ring (bicyclic) bond motifs is 1. The number of aromatic nitrogens is 1. The highest BCUT2D eigenvalue weighted by atomic mass is 35.5. The van der Waals surface area contributed by atoms with Crippen molar-refractivity contribution >= 4 is 22.4 Å². The Bertz CT molecular complexity index is 784. The molecule has 1 amide bonds. The molecule has 0 aliphatic carbocycles. The second-order valence-electron chi connectivity index (χ2n) is 5.16. The van der Waals surface area contributed by atoms with Crippen LogP contribution in [0.3, 0.4) is 0 Å². The maximum Gasteiger partial charge on any atom is 0.290 e. The van der Waals surface area contributed by atoms with Crippen molar-refractivity contribution in [3.63, 3.8) is 0 Å². The quantitative estimate of drug-likeness (QED) is 0.683. The first-order valence-corrected chi connectivity index (χ1v) is 6.95. The molecule has 0 spiro atoms. The van der Waals surface area contributed by atoms with E-state index >= 15 is 0 Å². The Morgan fingerprint density at radius 1 is 1.00 bits per heavy atom. The van der Waals surface area contributed by atoms with Gasteiger partial charge in [-0.3, -0.25) is 4.79 Å². The molecule has 2 aromatic carbocycles. The predicted octanol–water partition coefficient (Wildman–Crippen LogP) is 0.0784. The number of amides is 1. The van der Waals surface area contributed by atoms with Crippen LogP contribution in [0.5, 0.6) is 0 Å². The molecule has 4 heteroatoms. The fourth-order valence-electron chi connectivity index (χ4n) is 2.28. The third kappa shape index (κ3) is 3.83. The van der Waals surface area contributed by atoms with Crippen LogP contribution in [0.1, 0.15) is 5.56 Å². The summed E-state index contributed by atoms with van der Waals surface area (Å²) in [7, 11) is 0. The highest BCUT2D eigenvalue weighted by Gasteiger charge is 2.10. The lowest BCUT2D eigenvalue weighted by molar-refractivity contribution is -0.682. The van der Waals surface area contributed by atoms with E-state index < -0.39 is 0 Å². The molecule has 0 fully saturated rings. The van der Waals surface area contributed by atoms with Crippen molar-refractivity contribution in [2.45, 2.75) is 13.5 Å². The van der Waals surface area contributed by atoms with Gasteiger partial charge >= 0.3 is 0 Å². The van der Waals surface area contributed by atoms with Gasteiger partial charge in [0.05, 0.1) is 0 Å². The normalized spacial score (nSPS) is 10.0. The number of rotatable bonds is 3. The molecule has 0 saturated carbocycles. The van der Waals surface area contributed by atoms with Crippen LogP contribution in [0.25, 0.3) is 10.8 Å². The lowest BCUT2D eigenvalue weighted by Gasteiger charge is -2.04. The van der Waals surface area contributed by atoms with Crippen molar-refractivity contribution in [2.75, 3.05) is 5.32 Å². The van der Waals surface area contributed by atoms with E-state index in [1.165, 1.54) is 10.9 Å². The summed E-state index contributed by atoms with van der Waals surface area (Å²) in [6.07, 6.45) is 3.92. The van der Waals surface area contributed by atoms with Crippen LogP contribution in [-0.2, 0) is 11.3 Å². The van der Waals surface area contributed by atoms with Crippen LogP contribution in [0.2, 0.25) is 0 Å². The zero-order valence-corrected chi connectivity index (χ0v) is 13.0. The number of aryl methyl sites for hydroxylation is 1. The SMILES string of the molecule is Cc1ccc(NC(=O)C[n+]2ccc3ccccc3c2)cc1.[Cl-]. The van der Waals surface area contributed by atoms with Gasteiger partial charge in [-0.15, -0.1) is 0 Å². The number of anilines is 1. The Balaban J connectivity index is 0.00000176. The highest BCUT2D eigenvalue weighted by Crippen LogP contribution is 2.10. The van der Waals surface area contributed by atoms with E-state index in [9.17, 15) is 4.79 Å². The van der Waals surface area contributed by atoms with E-state index in [-0.39, 0.29) is 18.3 Å². The minimum absolute atomic E-state index is 0. The number of hydrogen-bond acceptors (Lipinski definition) is 1. The zero-order chi connectivity index (χ0) is 14.7. The van der Waals surface area contributed by atoms with Gasteiger partial charge in [0.25, 0.3) is 5.91 Å². The predicted molar refractivity (Wildman–Crippen MR) is 84.0 cm³/mol. The standard InChI is InChI=1S/C18H16N2O.ClH/c1-14-6-8-17(9-7-14)19-18(21)13-20-11-10-15-4-2-3-5-16(15)12-20;/h2-12H,13H2,1H3;1H. The molecule has 0 bridgehead atoms. The van der Waals surface area contributed by atoms with Crippen molar-refractivity contribution in [2.24, 2.45) is 0 Å². The summed E-state index contributed by atoms with van der Waals surface area (Å²) in [6.45, 7) is 2.33. The van der Waals surface area contributed by atoms with E-state index in [2.05, 4.69) is 11.4 Å². The van der Waals surface area contributed by atoms with E-state index in [0.29, 0.717) is 6.54 Å². The molecular formula is C18H17ClN2O. The summed E-state index contributed by atoms with van der Waals surface area (Å²) in [5.74, 6) is -0.0286. The molecule has 0 aliphatic rings. The van der Waals surface area contributed by atoms with Gasteiger partial charge in [0.15, 0.2) is 12.4 Å². The van der Waals surface area contributed by atoms with Crippen molar-refractivity contribution in [3.05, 3.63) is 72.6 Å². The molecule has 3 nitrogen and oxygen atoms in total. The van der Waals surface area contributed by atoms with E-state index in [1.807, 2.05) is 72.4 Å². The molecule has 0 atom stereocenters. The molecule has 112 valence electrons. The van der Waals surface area contributed by atoms with Crippen molar-refractivity contribution in [1.82, 2.24) is 0 Å².